The van der Waals surface area contributed by atoms with Crippen LogP contribution in [0.3, 0.4) is 0 Å². The molecule has 10 heteroatoms. The van der Waals surface area contributed by atoms with Crippen molar-refractivity contribution >= 4 is 18.0 Å². The zero-order valence-electron chi connectivity index (χ0n) is 16.3. The summed E-state index contributed by atoms with van der Waals surface area (Å²) < 4.78 is 25.3. The number of hydrogen-bond donors (Lipinski definition) is 1. The Morgan fingerprint density at radius 2 is 1.90 bits per heavy atom. The SMILES string of the molecule is CC(C(=O)c1ccc2c(c1)OCO2)N(C)C(=O)OCOC(=O)OC1CCNCC1. The molecule has 0 aliphatic carbocycles. The topological polar surface area (TPSA) is 113 Å². The highest BCUT2D eigenvalue weighted by Gasteiger charge is 2.27. The maximum absolute atomic E-state index is 12.6. The van der Waals surface area contributed by atoms with Gasteiger partial charge in [0.2, 0.25) is 13.6 Å². The second-order valence-corrected chi connectivity index (χ2v) is 6.71. The van der Waals surface area contributed by atoms with Crippen molar-refractivity contribution in [2.45, 2.75) is 31.9 Å². The third kappa shape index (κ3) is 5.29. The minimum atomic E-state index is -0.892. The number of Topliss-reactive ketones (excluding diaryl/α,β-unsaturated/α-hetero) is 1. The van der Waals surface area contributed by atoms with E-state index in [0.717, 1.165) is 18.0 Å². The number of piperidine rings is 1. The molecule has 1 saturated heterocycles. The van der Waals surface area contributed by atoms with Gasteiger partial charge in [-0.25, -0.2) is 9.59 Å². The average molecular weight is 408 g/mol. The lowest BCUT2D eigenvalue weighted by Crippen LogP contribution is -2.41. The summed E-state index contributed by atoms with van der Waals surface area (Å²) in [4.78, 5) is 37.5. The van der Waals surface area contributed by atoms with Crippen LogP contribution in [0.1, 0.15) is 30.1 Å². The molecule has 29 heavy (non-hydrogen) atoms. The van der Waals surface area contributed by atoms with Gasteiger partial charge in [-0.15, -0.1) is 0 Å². The number of nitrogens with one attached hydrogen (secondary N) is 1. The van der Waals surface area contributed by atoms with Crippen LogP contribution in [-0.2, 0) is 14.2 Å². The van der Waals surface area contributed by atoms with E-state index in [1.165, 1.54) is 7.05 Å². The highest BCUT2D eigenvalue weighted by atomic mass is 16.8. The summed E-state index contributed by atoms with van der Waals surface area (Å²) in [6.07, 6.45) is -0.492. The molecule has 0 aromatic heterocycles. The summed E-state index contributed by atoms with van der Waals surface area (Å²) in [7, 11) is 1.42. The Morgan fingerprint density at radius 1 is 1.17 bits per heavy atom. The van der Waals surface area contributed by atoms with Gasteiger partial charge in [-0.1, -0.05) is 0 Å². The minimum absolute atomic E-state index is 0.106. The Labute approximate surface area is 168 Å². The van der Waals surface area contributed by atoms with E-state index < -0.39 is 25.1 Å². The van der Waals surface area contributed by atoms with Crippen LogP contribution < -0.4 is 14.8 Å². The van der Waals surface area contributed by atoms with Gasteiger partial charge in [0.15, 0.2) is 17.3 Å². The lowest BCUT2D eigenvalue weighted by Gasteiger charge is -2.24. The molecule has 1 fully saturated rings. The van der Waals surface area contributed by atoms with E-state index in [0.29, 0.717) is 29.9 Å². The number of fused-ring (bicyclic) bond motifs is 1. The van der Waals surface area contributed by atoms with Crippen molar-refractivity contribution < 1.29 is 38.1 Å². The van der Waals surface area contributed by atoms with Gasteiger partial charge in [0.25, 0.3) is 0 Å². The van der Waals surface area contributed by atoms with Crippen molar-refractivity contribution in [3.63, 3.8) is 0 Å². The zero-order chi connectivity index (χ0) is 20.8. The highest BCUT2D eigenvalue weighted by Crippen LogP contribution is 2.33. The van der Waals surface area contributed by atoms with Gasteiger partial charge in [-0.05, 0) is 51.1 Å². The van der Waals surface area contributed by atoms with Crippen molar-refractivity contribution in [3.05, 3.63) is 23.8 Å². The van der Waals surface area contributed by atoms with Crippen LogP contribution >= 0.6 is 0 Å². The van der Waals surface area contributed by atoms with Gasteiger partial charge in [0, 0.05) is 12.6 Å². The van der Waals surface area contributed by atoms with Crippen molar-refractivity contribution in [2.24, 2.45) is 0 Å². The fourth-order valence-corrected chi connectivity index (χ4v) is 2.94. The summed E-state index contributed by atoms with van der Waals surface area (Å²) in [6, 6.07) is 4.01. The molecule has 0 bridgehead atoms. The molecule has 2 aliphatic heterocycles. The first-order chi connectivity index (χ1) is 14.0. The molecule has 10 nitrogen and oxygen atoms in total. The van der Waals surface area contributed by atoms with Crippen LogP contribution in [0, 0.1) is 0 Å². The van der Waals surface area contributed by atoms with Crippen molar-refractivity contribution in [1.29, 1.82) is 0 Å². The molecule has 0 radical (unpaired) electrons. The number of amides is 1. The molecule has 1 unspecified atom stereocenters. The predicted octanol–water partition coefficient (Wildman–Crippen LogP) is 1.92. The van der Waals surface area contributed by atoms with E-state index in [9.17, 15) is 14.4 Å². The first-order valence-corrected chi connectivity index (χ1v) is 9.33. The summed E-state index contributed by atoms with van der Waals surface area (Å²) in [5.41, 5.74) is 0.378. The largest absolute Gasteiger partial charge is 0.511 e. The smallest absolute Gasteiger partial charge is 0.454 e. The Balaban J connectivity index is 1.43. The zero-order valence-corrected chi connectivity index (χ0v) is 16.3. The van der Waals surface area contributed by atoms with Crippen LogP contribution in [0.2, 0.25) is 0 Å². The molecule has 1 atom stereocenters. The Kier molecular flexibility index (Phi) is 6.76. The van der Waals surface area contributed by atoms with Crippen LogP contribution in [-0.4, -0.2) is 68.8 Å². The van der Waals surface area contributed by atoms with Gasteiger partial charge in [-0.3, -0.25) is 4.79 Å². The van der Waals surface area contributed by atoms with Crippen LogP contribution in [0.15, 0.2) is 18.2 Å². The lowest BCUT2D eigenvalue weighted by atomic mass is 10.0. The maximum Gasteiger partial charge on any atom is 0.511 e. The number of benzene rings is 1. The van der Waals surface area contributed by atoms with Crippen molar-refractivity contribution in [2.75, 3.05) is 33.7 Å². The normalized spacial score (nSPS) is 16.6. The van der Waals surface area contributed by atoms with Gasteiger partial charge in [0.05, 0.1) is 6.04 Å². The molecule has 1 aromatic rings. The molecule has 1 aromatic carbocycles. The van der Waals surface area contributed by atoms with Gasteiger partial charge < -0.3 is 33.9 Å². The molecule has 0 saturated carbocycles. The Morgan fingerprint density at radius 3 is 2.66 bits per heavy atom. The maximum atomic E-state index is 12.6. The van der Waals surface area contributed by atoms with Crippen molar-refractivity contribution in [1.82, 2.24) is 10.2 Å². The molecule has 2 aliphatic rings. The molecular weight excluding hydrogens is 384 g/mol. The average Bonchev–Trinajstić information content (AvgIpc) is 3.20. The first kappa shape index (κ1) is 20.7. The van der Waals surface area contributed by atoms with Gasteiger partial charge in [-0.2, -0.15) is 0 Å². The van der Waals surface area contributed by atoms with E-state index in [1.807, 2.05) is 0 Å². The number of likely N-dealkylation sites (N-methyl/N-ethyl adjacent to an activating group) is 1. The third-order valence-corrected chi connectivity index (χ3v) is 4.81. The van der Waals surface area contributed by atoms with Crippen LogP contribution in [0.4, 0.5) is 9.59 Å². The molecule has 0 spiro atoms. The fourth-order valence-electron chi connectivity index (χ4n) is 2.94. The number of carbonyl (C=O) groups is 3. The lowest BCUT2D eigenvalue weighted by molar-refractivity contribution is -0.0407. The summed E-state index contributed by atoms with van der Waals surface area (Å²) in [5, 5.41) is 3.15. The van der Waals surface area contributed by atoms with E-state index in [2.05, 4.69) is 5.32 Å². The number of ether oxygens (including phenoxy) is 5. The fraction of sp³-hybridized carbons (Fsp3) is 0.526. The molecule has 2 heterocycles. The van der Waals surface area contributed by atoms with E-state index in [-0.39, 0.29) is 18.7 Å². The van der Waals surface area contributed by atoms with E-state index in [1.54, 1.807) is 25.1 Å². The third-order valence-electron chi connectivity index (χ3n) is 4.81. The number of hydrogen-bond acceptors (Lipinski definition) is 9. The number of ketones is 1. The predicted molar refractivity (Wildman–Crippen MR) is 98.9 cm³/mol. The summed E-state index contributed by atoms with van der Waals surface area (Å²) in [6.45, 7) is 2.62. The minimum Gasteiger partial charge on any atom is -0.454 e. The first-order valence-electron chi connectivity index (χ1n) is 9.33. The van der Waals surface area contributed by atoms with E-state index in [4.69, 9.17) is 23.7 Å². The quantitative estimate of drug-likeness (QED) is 0.428. The molecule has 158 valence electrons. The van der Waals surface area contributed by atoms with Crippen LogP contribution in [0.5, 0.6) is 11.5 Å². The van der Waals surface area contributed by atoms with E-state index >= 15 is 0 Å². The van der Waals surface area contributed by atoms with Gasteiger partial charge in [0.1, 0.15) is 6.10 Å². The number of nitrogens with zero attached hydrogens (tertiary/aromatic N) is 1. The second-order valence-electron chi connectivity index (χ2n) is 6.71. The number of rotatable bonds is 6. The number of carbonyl (C=O) groups excluding carboxylic acids is 3. The van der Waals surface area contributed by atoms with Crippen molar-refractivity contribution in [3.8, 4) is 11.5 Å². The van der Waals surface area contributed by atoms with Gasteiger partial charge >= 0.3 is 12.2 Å². The summed E-state index contributed by atoms with van der Waals surface area (Å²) in [5.74, 6) is 0.749. The summed E-state index contributed by atoms with van der Waals surface area (Å²) >= 11 is 0. The molecule has 3 rings (SSSR count). The monoisotopic (exact) mass is 408 g/mol. The highest BCUT2D eigenvalue weighted by molar-refractivity contribution is 6.01. The van der Waals surface area contributed by atoms with Crippen LogP contribution in [0.25, 0.3) is 0 Å². The molecule has 1 amide bonds. The Bertz CT molecular complexity index is 763. The second kappa shape index (κ2) is 9.46. The Hall–Kier alpha value is -3.01. The molecular formula is C19H24N2O8. The standard InChI is InChI=1S/C19H24N2O8/c1-12(17(22)13-3-4-15-16(9-13)26-10-25-15)21(2)18(23)27-11-28-19(24)29-14-5-7-20-8-6-14/h3-4,9,12,14,20H,5-8,10-11H2,1-2H3. The molecule has 1 N–H and O–H groups in total.